The molecule has 2 atom stereocenters. The highest BCUT2D eigenvalue weighted by atomic mass is 16.2. The molecular formula is C14H27N3O. The molecule has 0 aliphatic carbocycles. The number of rotatable bonds is 4. The molecule has 2 aliphatic heterocycles. The fraction of sp³-hybridized carbons (Fsp3) is 0.929. The number of hydrogen-bond donors (Lipinski definition) is 1. The van der Waals surface area contributed by atoms with Gasteiger partial charge in [0.25, 0.3) is 0 Å². The zero-order chi connectivity index (χ0) is 13.2. The summed E-state index contributed by atoms with van der Waals surface area (Å²) in [7, 11) is 4.13. The highest BCUT2D eigenvalue weighted by Crippen LogP contribution is 2.26. The molecule has 0 aromatic carbocycles. The molecule has 0 aromatic heterocycles. The number of amides is 1. The Morgan fingerprint density at radius 3 is 2.78 bits per heavy atom. The van der Waals surface area contributed by atoms with Gasteiger partial charge in [-0.3, -0.25) is 4.79 Å². The molecule has 104 valence electrons. The summed E-state index contributed by atoms with van der Waals surface area (Å²) in [6, 6.07) is 0.550. The van der Waals surface area contributed by atoms with E-state index in [1.807, 2.05) is 11.9 Å². The van der Waals surface area contributed by atoms with Crippen molar-refractivity contribution in [3.8, 4) is 0 Å². The lowest BCUT2D eigenvalue weighted by atomic mass is 9.92. The van der Waals surface area contributed by atoms with Crippen molar-refractivity contribution in [3.63, 3.8) is 0 Å². The van der Waals surface area contributed by atoms with Crippen LogP contribution in [0.15, 0.2) is 0 Å². The van der Waals surface area contributed by atoms with Crippen LogP contribution >= 0.6 is 0 Å². The first-order valence-corrected chi connectivity index (χ1v) is 7.30. The number of likely N-dealkylation sites (tertiary alicyclic amines) is 1. The summed E-state index contributed by atoms with van der Waals surface area (Å²) in [6.07, 6.45) is 5.50. The molecule has 2 fully saturated rings. The van der Waals surface area contributed by atoms with Gasteiger partial charge in [0.05, 0.1) is 5.54 Å². The Labute approximate surface area is 111 Å². The molecule has 2 unspecified atom stereocenters. The van der Waals surface area contributed by atoms with Crippen molar-refractivity contribution in [2.24, 2.45) is 0 Å². The predicted molar refractivity (Wildman–Crippen MR) is 73.5 cm³/mol. The third kappa shape index (κ3) is 2.54. The van der Waals surface area contributed by atoms with E-state index < -0.39 is 0 Å². The second-order valence-electron chi connectivity index (χ2n) is 5.93. The minimum absolute atomic E-state index is 0.272. The Kier molecular flexibility index (Phi) is 4.28. The molecule has 1 amide bonds. The Balaban J connectivity index is 1.95. The highest BCUT2D eigenvalue weighted by molar-refractivity contribution is 5.86. The minimum atomic E-state index is -0.272. The molecule has 2 saturated heterocycles. The molecule has 4 heteroatoms. The summed E-state index contributed by atoms with van der Waals surface area (Å²) < 4.78 is 0. The largest absolute Gasteiger partial charge is 0.343 e. The summed E-state index contributed by atoms with van der Waals surface area (Å²) in [5.74, 6) is 0.294. The van der Waals surface area contributed by atoms with Gasteiger partial charge in [0.2, 0.25) is 5.91 Å². The van der Waals surface area contributed by atoms with Gasteiger partial charge in [0, 0.05) is 19.6 Å². The van der Waals surface area contributed by atoms with Crippen molar-refractivity contribution in [2.75, 3.05) is 33.7 Å². The van der Waals surface area contributed by atoms with Gasteiger partial charge in [0.1, 0.15) is 0 Å². The number of likely N-dealkylation sites (N-methyl/N-ethyl adjacent to an activating group) is 2. The fourth-order valence-corrected chi connectivity index (χ4v) is 3.42. The number of nitrogens with one attached hydrogen (secondary N) is 1. The van der Waals surface area contributed by atoms with Crippen LogP contribution in [0.1, 0.15) is 39.0 Å². The molecule has 0 radical (unpaired) electrons. The summed E-state index contributed by atoms with van der Waals surface area (Å²) in [5.41, 5.74) is -0.272. The molecule has 18 heavy (non-hydrogen) atoms. The van der Waals surface area contributed by atoms with E-state index in [0.717, 1.165) is 32.4 Å². The first-order chi connectivity index (χ1) is 8.59. The van der Waals surface area contributed by atoms with Crippen molar-refractivity contribution in [1.82, 2.24) is 15.1 Å². The second kappa shape index (κ2) is 5.57. The lowest BCUT2D eigenvalue weighted by Crippen LogP contribution is -2.55. The Morgan fingerprint density at radius 1 is 1.50 bits per heavy atom. The van der Waals surface area contributed by atoms with E-state index in [2.05, 4.69) is 24.2 Å². The lowest BCUT2D eigenvalue weighted by molar-refractivity contribution is -0.137. The quantitative estimate of drug-likeness (QED) is 0.814. The fourth-order valence-electron chi connectivity index (χ4n) is 3.42. The number of hydrogen-bond acceptors (Lipinski definition) is 3. The molecule has 1 N–H and O–H groups in total. The van der Waals surface area contributed by atoms with Gasteiger partial charge in [-0.2, -0.15) is 0 Å². The van der Waals surface area contributed by atoms with Crippen LogP contribution in [0.3, 0.4) is 0 Å². The summed E-state index contributed by atoms with van der Waals surface area (Å²) in [5, 5.41) is 3.43. The Bertz CT molecular complexity index is 299. The van der Waals surface area contributed by atoms with E-state index in [9.17, 15) is 4.79 Å². The minimum Gasteiger partial charge on any atom is -0.343 e. The Hall–Kier alpha value is -0.610. The van der Waals surface area contributed by atoms with Crippen LogP contribution in [-0.4, -0.2) is 61.0 Å². The van der Waals surface area contributed by atoms with E-state index in [1.54, 1.807) is 0 Å². The average Bonchev–Trinajstić information content (AvgIpc) is 2.99. The number of carbonyl (C=O) groups excluding carboxylic acids is 1. The number of nitrogens with zero attached hydrogens (tertiary/aromatic N) is 2. The van der Waals surface area contributed by atoms with Gasteiger partial charge < -0.3 is 15.1 Å². The van der Waals surface area contributed by atoms with Crippen molar-refractivity contribution >= 4 is 5.91 Å². The monoisotopic (exact) mass is 253 g/mol. The topological polar surface area (TPSA) is 35.6 Å². The van der Waals surface area contributed by atoms with E-state index in [-0.39, 0.29) is 5.54 Å². The van der Waals surface area contributed by atoms with Gasteiger partial charge in [-0.1, -0.05) is 6.92 Å². The third-order valence-electron chi connectivity index (χ3n) is 4.76. The van der Waals surface area contributed by atoms with Crippen molar-refractivity contribution < 1.29 is 4.79 Å². The van der Waals surface area contributed by atoms with Crippen LogP contribution in [0.5, 0.6) is 0 Å². The molecule has 0 spiro atoms. The molecule has 2 aliphatic rings. The zero-order valence-electron chi connectivity index (χ0n) is 12.0. The van der Waals surface area contributed by atoms with Crippen molar-refractivity contribution in [2.45, 2.75) is 50.6 Å². The lowest BCUT2D eigenvalue weighted by Gasteiger charge is -2.34. The van der Waals surface area contributed by atoms with Crippen molar-refractivity contribution in [3.05, 3.63) is 0 Å². The van der Waals surface area contributed by atoms with Gasteiger partial charge in [-0.25, -0.2) is 0 Å². The van der Waals surface area contributed by atoms with Crippen LogP contribution in [0.25, 0.3) is 0 Å². The summed E-state index contributed by atoms with van der Waals surface area (Å²) in [4.78, 5) is 17.0. The SMILES string of the molecule is CCC1(C(=O)N(C)CC2CCCN2C)CCCN1. The van der Waals surface area contributed by atoms with E-state index in [4.69, 9.17) is 0 Å². The maximum atomic E-state index is 12.6. The van der Waals surface area contributed by atoms with Crippen LogP contribution < -0.4 is 5.32 Å². The van der Waals surface area contributed by atoms with Gasteiger partial charge in [-0.15, -0.1) is 0 Å². The Morgan fingerprint density at radius 2 is 2.28 bits per heavy atom. The standard InChI is InChI=1S/C14H27N3O/c1-4-14(8-6-9-15-14)13(18)17(3)11-12-7-5-10-16(12)2/h12,15H,4-11H2,1-3H3. The first-order valence-electron chi connectivity index (χ1n) is 7.30. The summed E-state index contributed by atoms with van der Waals surface area (Å²) >= 11 is 0. The predicted octanol–water partition coefficient (Wildman–Crippen LogP) is 1.07. The number of carbonyl (C=O) groups is 1. The first kappa shape index (κ1) is 13.8. The normalized spacial score (nSPS) is 32.9. The highest BCUT2D eigenvalue weighted by Gasteiger charge is 2.41. The molecule has 0 saturated carbocycles. The zero-order valence-corrected chi connectivity index (χ0v) is 12.0. The maximum Gasteiger partial charge on any atom is 0.242 e. The van der Waals surface area contributed by atoms with E-state index >= 15 is 0 Å². The third-order valence-corrected chi connectivity index (χ3v) is 4.76. The van der Waals surface area contributed by atoms with Crippen molar-refractivity contribution in [1.29, 1.82) is 0 Å². The molecule has 0 bridgehead atoms. The van der Waals surface area contributed by atoms with Crippen LogP contribution in [0, 0.1) is 0 Å². The average molecular weight is 253 g/mol. The smallest absolute Gasteiger partial charge is 0.242 e. The maximum absolute atomic E-state index is 12.6. The van der Waals surface area contributed by atoms with E-state index in [1.165, 1.54) is 19.4 Å². The molecule has 2 rings (SSSR count). The van der Waals surface area contributed by atoms with Crippen LogP contribution in [0.2, 0.25) is 0 Å². The second-order valence-corrected chi connectivity index (χ2v) is 5.93. The van der Waals surface area contributed by atoms with Crippen LogP contribution in [0.4, 0.5) is 0 Å². The summed E-state index contributed by atoms with van der Waals surface area (Å²) in [6.45, 7) is 5.14. The molecular weight excluding hydrogens is 226 g/mol. The molecule has 2 heterocycles. The molecule has 4 nitrogen and oxygen atoms in total. The van der Waals surface area contributed by atoms with Gasteiger partial charge in [0.15, 0.2) is 0 Å². The van der Waals surface area contributed by atoms with Gasteiger partial charge >= 0.3 is 0 Å². The molecule has 0 aromatic rings. The van der Waals surface area contributed by atoms with E-state index in [0.29, 0.717) is 11.9 Å². The van der Waals surface area contributed by atoms with Gasteiger partial charge in [-0.05, 0) is 52.2 Å². The van der Waals surface area contributed by atoms with Crippen LogP contribution in [-0.2, 0) is 4.79 Å².